The maximum absolute atomic E-state index is 12.3. The number of rotatable bonds is 3. The van der Waals surface area contributed by atoms with Crippen LogP contribution in [0, 0.1) is 12.8 Å². The number of thiophene rings is 1. The van der Waals surface area contributed by atoms with E-state index in [1.54, 1.807) is 17.5 Å². The Bertz CT molecular complexity index is 819. The number of nitrogens with one attached hydrogen (secondary N) is 2. The second-order valence-corrected chi connectivity index (χ2v) is 7.66. The molecular formula is C17H20N4O2S2. The molecular weight excluding hydrogens is 356 g/mol. The van der Waals surface area contributed by atoms with Gasteiger partial charge in [-0.25, -0.2) is 14.8 Å². The van der Waals surface area contributed by atoms with Crippen molar-refractivity contribution in [1.82, 2.24) is 9.97 Å². The fraction of sp³-hybridized carbons (Fsp3) is 0.412. The molecule has 0 radical (unpaired) electrons. The molecule has 25 heavy (non-hydrogen) atoms. The van der Waals surface area contributed by atoms with Crippen molar-refractivity contribution in [3.8, 4) is 0 Å². The molecule has 2 heterocycles. The van der Waals surface area contributed by atoms with Crippen molar-refractivity contribution in [2.75, 3.05) is 17.7 Å². The monoisotopic (exact) mass is 376 g/mol. The third-order valence-electron chi connectivity index (χ3n) is 4.15. The third-order valence-corrected chi connectivity index (χ3v) is 5.52. The van der Waals surface area contributed by atoms with Crippen LogP contribution in [-0.2, 0) is 17.6 Å². The lowest BCUT2D eigenvalue weighted by molar-refractivity contribution is 0.0601. The number of esters is 1. The van der Waals surface area contributed by atoms with Crippen molar-refractivity contribution in [2.45, 2.75) is 33.1 Å². The molecule has 132 valence electrons. The minimum atomic E-state index is -0.329. The number of nitrogens with zero attached hydrogens (tertiary/aromatic N) is 2. The van der Waals surface area contributed by atoms with Gasteiger partial charge in [-0.3, -0.25) is 0 Å². The second-order valence-electron chi connectivity index (χ2n) is 6.15. The van der Waals surface area contributed by atoms with Crippen LogP contribution in [0.3, 0.4) is 0 Å². The number of methoxy groups -OCH3 is 1. The molecule has 0 aliphatic heterocycles. The van der Waals surface area contributed by atoms with Gasteiger partial charge in [-0.1, -0.05) is 6.92 Å². The predicted molar refractivity (Wildman–Crippen MR) is 103 cm³/mol. The van der Waals surface area contributed by atoms with Gasteiger partial charge in [0.25, 0.3) is 0 Å². The lowest BCUT2D eigenvalue weighted by Crippen LogP contribution is -2.21. The number of aryl methyl sites for hydroxylation is 1. The molecule has 0 fully saturated rings. The fourth-order valence-corrected chi connectivity index (χ4v) is 4.56. The molecule has 0 saturated heterocycles. The Morgan fingerprint density at radius 3 is 2.96 bits per heavy atom. The average Bonchev–Trinajstić information content (AvgIpc) is 2.90. The largest absolute Gasteiger partial charge is 0.465 e. The summed E-state index contributed by atoms with van der Waals surface area (Å²) in [5.74, 6) is 0.714. The van der Waals surface area contributed by atoms with Crippen LogP contribution in [0.25, 0.3) is 0 Å². The number of ether oxygens (including phenoxy) is 1. The van der Waals surface area contributed by atoms with E-state index < -0.39 is 0 Å². The van der Waals surface area contributed by atoms with Crippen LogP contribution in [0.5, 0.6) is 0 Å². The summed E-state index contributed by atoms with van der Waals surface area (Å²) in [5.41, 5.74) is 2.53. The highest BCUT2D eigenvalue weighted by atomic mass is 32.1. The van der Waals surface area contributed by atoms with Gasteiger partial charge >= 0.3 is 5.97 Å². The van der Waals surface area contributed by atoms with Crippen LogP contribution in [0.4, 0.5) is 10.9 Å². The Morgan fingerprint density at radius 1 is 1.44 bits per heavy atom. The first-order valence-electron chi connectivity index (χ1n) is 8.08. The van der Waals surface area contributed by atoms with Crippen molar-refractivity contribution < 1.29 is 9.53 Å². The van der Waals surface area contributed by atoms with Crippen molar-refractivity contribution >= 4 is 45.6 Å². The standard InChI is InChI=1S/C17H20N4O2S2/c1-9-4-5-11-12(8-9)25-14(13(11)15(22)23-3)20-17(24)21-16-18-7-6-10(2)19-16/h6-7,9H,4-5,8H2,1-3H3,(H2,18,19,20,21,24). The van der Waals surface area contributed by atoms with Gasteiger partial charge in [-0.15, -0.1) is 11.3 Å². The molecule has 2 aromatic rings. The van der Waals surface area contributed by atoms with Gasteiger partial charge in [-0.05, 0) is 56.0 Å². The zero-order chi connectivity index (χ0) is 18.0. The molecule has 1 atom stereocenters. The topological polar surface area (TPSA) is 76.1 Å². The molecule has 0 saturated carbocycles. The summed E-state index contributed by atoms with van der Waals surface area (Å²) in [6.45, 7) is 4.11. The van der Waals surface area contributed by atoms with Gasteiger partial charge in [0.15, 0.2) is 5.11 Å². The van der Waals surface area contributed by atoms with E-state index in [1.807, 2.05) is 13.0 Å². The normalized spacial score (nSPS) is 16.0. The number of hydrogen-bond acceptors (Lipinski definition) is 6. The van der Waals surface area contributed by atoms with Crippen molar-refractivity contribution in [2.24, 2.45) is 5.92 Å². The first kappa shape index (κ1) is 17.8. The maximum atomic E-state index is 12.3. The Hall–Kier alpha value is -2.06. The molecule has 1 aliphatic rings. The smallest absolute Gasteiger partial charge is 0.341 e. The molecule has 2 aromatic heterocycles. The maximum Gasteiger partial charge on any atom is 0.341 e. The van der Waals surface area contributed by atoms with Gasteiger partial charge in [-0.2, -0.15) is 0 Å². The highest BCUT2D eigenvalue weighted by molar-refractivity contribution is 7.80. The highest BCUT2D eigenvalue weighted by Crippen LogP contribution is 2.40. The number of aromatic nitrogens is 2. The van der Waals surface area contributed by atoms with Crippen LogP contribution in [0.2, 0.25) is 0 Å². The Balaban J connectivity index is 1.84. The van der Waals surface area contributed by atoms with Crippen LogP contribution in [0.15, 0.2) is 12.3 Å². The molecule has 0 spiro atoms. The molecule has 6 nitrogen and oxygen atoms in total. The molecule has 0 aromatic carbocycles. The van der Waals surface area contributed by atoms with E-state index in [2.05, 4.69) is 27.5 Å². The van der Waals surface area contributed by atoms with Gasteiger partial charge < -0.3 is 15.4 Å². The van der Waals surface area contributed by atoms with Gasteiger partial charge in [0.1, 0.15) is 5.00 Å². The Labute approximate surface area is 156 Å². The second kappa shape index (κ2) is 7.45. The Morgan fingerprint density at radius 2 is 2.24 bits per heavy atom. The number of carbonyl (C=O) groups is 1. The van der Waals surface area contributed by atoms with E-state index >= 15 is 0 Å². The van der Waals surface area contributed by atoms with E-state index in [-0.39, 0.29) is 5.97 Å². The molecule has 1 unspecified atom stereocenters. The predicted octanol–water partition coefficient (Wildman–Crippen LogP) is 3.57. The van der Waals surface area contributed by atoms with Crippen LogP contribution < -0.4 is 10.6 Å². The molecule has 0 amide bonds. The van der Waals surface area contributed by atoms with E-state index in [0.29, 0.717) is 22.5 Å². The van der Waals surface area contributed by atoms with Gasteiger partial charge in [0.2, 0.25) is 5.95 Å². The molecule has 0 bridgehead atoms. The molecule has 8 heteroatoms. The summed E-state index contributed by atoms with van der Waals surface area (Å²) in [5, 5.41) is 7.15. The van der Waals surface area contributed by atoms with Crippen molar-refractivity contribution in [3.63, 3.8) is 0 Å². The fourth-order valence-electron chi connectivity index (χ4n) is 2.90. The average molecular weight is 377 g/mol. The molecule has 1 aliphatic carbocycles. The number of anilines is 2. The summed E-state index contributed by atoms with van der Waals surface area (Å²) in [7, 11) is 1.40. The van der Waals surface area contributed by atoms with Crippen LogP contribution >= 0.6 is 23.6 Å². The van der Waals surface area contributed by atoms with Crippen LogP contribution in [0.1, 0.15) is 39.8 Å². The lowest BCUT2D eigenvalue weighted by Gasteiger charge is -2.18. The lowest BCUT2D eigenvalue weighted by atomic mass is 9.88. The summed E-state index contributed by atoms with van der Waals surface area (Å²) < 4.78 is 4.98. The van der Waals surface area contributed by atoms with Crippen molar-refractivity contribution in [1.29, 1.82) is 0 Å². The highest BCUT2D eigenvalue weighted by Gasteiger charge is 2.28. The first-order valence-corrected chi connectivity index (χ1v) is 9.31. The number of thiocarbonyl (C=S) groups is 1. The van der Waals surface area contributed by atoms with Crippen molar-refractivity contribution in [3.05, 3.63) is 34.0 Å². The summed E-state index contributed by atoms with van der Waals surface area (Å²) in [6, 6.07) is 1.81. The number of carbonyl (C=O) groups excluding carboxylic acids is 1. The van der Waals surface area contributed by atoms with Crippen LogP contribution in [-0.4, -0.2) is 28.2 Å². The Kier molecular flexibility index (Phi) is 5.29. The van der Waals surface area contributed by atoms with E-state index in [4.69, 9.17) is 17.0 Å². The minimum absolute atomic E-state index is 0.329. The first-order chi connectivity index (χ1) is 12.0. The van der Waals surface area contributed by atoms with E-state index in [0.717, 1.165) is 35.5 Å². The minimum Gasteiger partial charge on any atom is -0.465 e. The van der Waals surface area contributed by atoms with E-state index in [9.17, 15) is 4.79 Å². The summed E-state index contributed by atoms with van der Waals surface area (Å²) >= 11 is 6.93. The SMILES string of the molecule is COC(=O)c1c(NC(=S)Nc2nccc(C)n2)sc2c1CCC(C)C2. The zero-order valence-corrected chi connectivity index (χ0v) is 16.0. The summed E-state index contributed by atoms with van der Waals surface area (Å²) in [4.78, 5) is 21.9. The van der Waals surface area contributed by atoms with Gasteiger partial charge in [0, 0.05) is 16.8 Å². The van der Waals surface area contributed by atoms with Gasteiger partial charge in [0.05, 0.1) is 12.7 Å². The zero-order valence-electron chi connectivity index (χ0n) is 14.4. The number of fused-ring (bicyclic) bond motifs is 1. The quantitative estimate of drug-likeness (QED) is 0.626. The molecule has 2 N–H and O–H groups in total. The molecule has 3 rings (SSSR count). The third kappa shape index (κ3) is 3.96. The number of hydrogen-bond donors (Lipinski definition) is 2. The summed E-state index contributed by atoms with van der Waals surface area (Å²) in [6.07, 6.45) is 4.61. The van der Waals surface area contributed by atoms with E-state index in [1.165, 1.54) is 12.0 Å².